The first-order valence-electron chi connectivity index (χ1n) is 7.48. The van der Waals surface area contributed by atoms with Gasteiger partial charge in [-0.25, -0.2) is 0 Å². The van der Waals surface area contributed by atoms with Crippen molar-refractivity contribution >= 4 is 11.9 Å². The number of rotatable bonds is 3. The van der Waals surface area contributed by atoms with Crippen LogP contribution in [0.2, 0.25) is 0 Å². The second-order valence-corrected chi connectivity index (χ2v) is 3.37. The maximum Gasteiger partial charge on any atom is 0.325 e. The minimum absolute atomic E-state index is 0.0385. The molecule has 1 aromatic rings. The fourth-order valence-electron chi connectivity index (χ4n) is 0.943. The normalized spacial score (nSPS) is 7.57. The maximum absolute atomic E-state index is 10.5. The molecule has 0 aliphatic carbocycles. The number of carbonyl (C=O) groups excluding carboxylic acids is 2. The molecule has 0 spiro atoms. The molecule has 0 radical (unpaired) electrons. The van der Waals surface area contributed by atoms with Crippen LogP contribution in [0.25, 0.3) is 0 Å². The topological polar surface area (TPSA) is 55.4 Å². The Labute approximate surface area is 129 Å². The third-order valence-electron chi connectivity index (χ3n) is 1.73. The van der Waals surface area contributed by atoms with Crippen LogP contribution in [0, 0.1) is 6.92 Å². The first kappa shape index (κ1) is 24.2. The highest BCUT2D eigenvalue weighted by Gasteiger charge is 2.00. The van der Waals surface area contributed by atoms with Crippen molar-refractivity contribution in [1.82, 2.24) is 5.32 Å². The Hall–Kier alpha value is -1.84. The molecule has 21 heavy (non-hydrogen) atoms. The Morgan fingerprint density at radius 1 is 1.05 bits per heavy atom. The van der Waals surface area contributed by atoms with E-state index in [1.807, 2.05) is 45.9 Å². The van der Waals surface area contributed by atoms with Crippen LogP contribution in [-0.4, -0.2) is 25.0 Å². The van der Waals surface area contributed by atoms with Crippen LogP contribution in [0.5, 0.6) is 0 Å². The van der Waals surface area contributed by atoms with Crippen molar-refractivity contribution in [2.75, 3.05) is 13.2 Å². The average molecular weight is 297 g/mol. The molecular weight excluding hydrogens is 266 g/mol. The zero-order valence-corrected chi connectivity index (χ0v) is 14.5. The minimum atomic E-state index is -0.405. The molecule has 0 saturated heterocycles. The number of esters is 1. The predicted octanol–water partition coefficient (Wildman–Crippen LogP) is 3.73. The van der Waals surface area contributed by atoms with Crippen molar-refractivity contribution in [3.63, 3.8) is 0 Å². The minimum Gasteiger partial charge on any atom is -0.465 e. The fraction of sp³-hybridized carbons (Fsp3) is 0.529. The zero-order valence-electron chi connectivity index (χ0n) is 14.5. The first-order chi connectivity index (χ1) is 10.1. The van der Waals surface area contributed by atoms with Gasteiger partial charge >= 0.3 is 5.97 Å². The van der Waals surface area contributed by atoms with Gasteiger partial charge in [-0.2, -0.15) is 0 Å². The van der Waals surface area contributed by atoms with Gasteiger partial charge in [0.25, 0.3) is 0 Å². The van der Waals surface area contributed by atoms with Crippen LogP contribution in [0.4, 0.5) is 0 Å². The monoisotopic (exact) mass is 297 g/mol. The molecule has 4 heteroatoms. The van der Waals surface area contributed by atoms with Crippen molar-refractivity contribution in [2.45, 2.75) is 48.5 Å². The summed E-state index contributed by atoms with van der Waals surface area (Å²) >= 11 is 0. The quantitative estimate of drug-likeness (QED) is 0.865. The van der Waals surface area contributed by atoms with E-state index in [9.17, 15) is 9.59 Å². The van der Waals surface area contributed by atoms with Gasteiger partial charge in [0.1, 0.15) is 6.54 Å². The lowest BCUT2D eigenvalue weighted by Crippen LogP contribution is -2.28. The number of benzene rings is 1. The van der Waals surface area contributed by atoms with Crippen LogP contribution in [0.1, 0.15) is 47.1 Å². The summed E-state index contributed by atoms with van der Waals surface area (Å²) in [7, 11) is 0. The second kappa shape index (κ2) is 20.5. The van der Waals surface area contributed by atoms with Gasteiger partial charge in [0, 0.05) is 6.92 Å². The van der Waals surface area contributed by atoms with E-state index in [1.54, 1.807) is 6.92 Å². The Balaban J connectivity index is -0.000000256. The van der Waals surface area contributed by atoms with Crippen LogP contribution in [0.3, 0.4) is 0 Å². The van der Waals surface area contributed by atoms with Crippen molar-refractivity contribution in [1.29, 1.82) is 0 Å². The van der Waals surface area contributed by atoms with Gasteiger partial charge in [0.15, 0.2) is 0 Å². The lowest BCUT2D eigenvalue weighted by Gasteiger charge is -2.00. The molecule has 1 aromatic carbocycles. The molecule has 1 N–H and O–H groups in total. The third-order valence-corrected chi connectivity index (χ3v) is 1.73. The van der Waals surface area contributed by atoms with Gasteiger partial charge in [-0.3, -0.25) is 9.59 Å². The predicted molar refractivity (Wildman–Crippen MR) is 89.2 cm³/mol. The summed E-state index contributed by atoms with van der Waals surface area (Å²) in [5, 5.41) is 2.32. The van der Waals surface area contributed by atoms with E-state index in [2.05, 4.69) is 29.1 Å². The molecule has 1 rings (SSSR count). The third kappa shape index (κ3) is 23.7. The smallest absolute Gasteiger partial charge is 0.325 e. The number of hydrogen-bond acceptors (Lipinski definition) is 3. The Bertz CT molecular complexity index is 337. The number of hydrogen-bond donors (Lipinski definition) is 1. The van der Waals surface area contributed by atoms with E-state index >= 15 is 0 Å². The van der Waals surface area contributed by atoms with E-state index in [-0.39, 0.29) is 12.5 Å². The standard InChI is InChI=1S/C7H8.C6H11NO3.2C2H6/c1-7-5-3-2-4-6-7;1-3-10-6(9)4-7-5(2)8;2*1-2/h2-6H,1H3;3-4H2,1-2H3,(H,7,8);2*1-2H3. The van der Waals surface area contributed by atoms with Gasteiger partial charge in [-0.05, 0) is 13.8 Å². The summed E-state index contributed by atoms with van der Waals surface area (Å²) in [6.45, 7) is 13.5. The molecule has 0 aliphatic heterocycles. The number of ether oxygens (including phenoxy) is 1. The number of nitrogens with one attached hydrogen (secondary N) is 1. The first-order valence-corrected chi connectivity index (χ1v) is 7.48. The summed E-state index contributed by atoms with van der Waals surface area (Å²) in [6, 6.07) is 10.3. The zero-order chi connectivity index (χ0) is 17.1. The molecule has 0 bridgehead atoms. The number of aryl methyl sites for hydroxylation is 1. The number of amides is 1. The van der Waals surface area contributed by atoms with Crippen LogP contribution < -0.4 is 5.32 Å². The molecule has 4 nitrogen and oxygen atoms in total. The molecule has 0 aliphatic rings. The average Bonchev–Trinajstić information content (AvgIpc) is 2.51. The van der Waals surface area contributed by atoms with Gasteiger partial charge in [-0.15, -0.1) is 0 Å². The highest BCUT2D eigenvalue weighted by molar-refractivity contribution is 5.80. The van der Waals surface area contributed by atoms with Crippen molar-refractivity contribution in [3.8, 4) is 0 Å². The van der Waals surface area contributed by atoms with Crippen molar-refractivity contribution in [2.24, 2.45) is 0 Å². The van der Waals surface area contributed by atoms with Crippen LogP contribution in [-0.2, 0) is 14.3 Å². The lowest BCUT2D eigenvalue weighted by atomic mass is 10.2. The summed E-state index contributed by atoms with van der Waals surface area (Å²) in [4.78, 5) is 20.7. The molecule has 1 amide bonds. The van der Waals surface area contributed by atoms with E-state index < -0.39 is 5.97 Å². The van der Waals surface area contributed by atoms with Crippen molar-refractivity contribution < 1.29 is 14.3 Å². The summed E-state index contributed by atoms with van der Waals surface area (Å²) in [6.07, 6.45) is 0. The fourth-order valence-corrected chi connectivity index (χ4v) is 0.943. The van der Waals surface area contributed by atoms with E-state index in [0.717, 1.165) is 0 Å². The molecule has 0 saturated carbocycles. The lowest BCUT2D eigenvalue weighted by molar-refractivity contribution is -0.143. The van der Waals surface area contributed by atoms with Gasteiger partial charge in [0.2, 0.25) is 5.91 Å². The van der Waals surface area contributed by atoms with Gasteiger partial charge in [-0.1, -0.05) is 63.6 Å². The molecule has 0 aromatic heterocycles. The summed E-state index contributed by atoms with van der Waals surface area (Å²) in [5.41, 5.74) is 1.32. The van der Waals surface area contributed by atoms with Gasteiger partial charge in [0.05, 0.1) is 6.61 Å². The van der Waals surface area contributed by atoms with E-state index in [4.69, 9.17) is 0 Å². The maximum atomic E-state index is 10.5. The van der Waals surface area contributed by atoms with Gasteiger partial charge < -0.3 is 10.1 Å². The molecule has 122 valence electrons. The largest absolute Gasteiger partial charge is 0.465 e. The van der Waals surface area contributed by atoms with Crippen LogP contribution >= 0.6 is 0 Å². The highest BCUT2D eigenvalue weighted by atomic mass is 16.5. The van der Waals surface area contributed by atoms with Crippen molar-refractivity contribution in [3.05, 3.63) is 35.9 Å². The highest BCUT2D eigenvalue weighted by Crippen LogP contribution is 1.92. The Morgan fingerprint density at radius 3 is 1.81 bits per heavy atom. The molecular formula is C17H31NO3. The molecule has 0 unspecified atom stereocenters. The molecule has 0 atom stereocenters. The van der Waals surface area contributed by atoms with Crippen LogP contribution in [0.15, 0.2) is 30.3 Å². The molecule has 0 fully saturated rings. The number of carbonyl (C=O) groups is 2. The summed E-state index contributed by atoms with van der Waals surface area (Å²) < 4.78 is 4.54. The SMILES string of the molecule is CC.CC.CCOC(=O)CNC(C)=O.Cc1ccccc1. The molecule has 0 heterocycles. The summed E-state index contributed by atoms with van der Waals surface area (Å²) in [5.74, 6) is -0.634. The Morgan fingerprint density at radius 2 is 1.52 bits per heavy atom. The van der Waals surface area contributed by atoms with E-state index in [0.29, 0.717) is 6.61 Å². The Kier molecular flexibility index (Phi) is 23.6. The van der Waals surface area contributed by atoms with E-state index in [1.165, 1.54) is 12.5 Å². The second-order valence-electron chi connectivity index (χ2n) is 3.37.